The van der Waals surface area contributed by atoms with E-state index in [1.54, 1.807) is 30.3 Å². The minimum Gasteiger partial charge on any atom is -0.476 e. The fourth-order valence-corrected chi connectivity index (χ4v) is 1.70. The number of aromatic carboxylic acids is 1. The molecule has 0 spiro atoms. The molecule has 0 amide bonds. The third kappa shape index (κ3) is 2.00. The number of rotatable bonds is 2. The lowest BCUT2D eigenvalue weighted by Gasteiger charge is -2.09. The summed E-state index contributed by atoms with van der Waals surface area (Å²) in [6.45, 7) is 0. The van der Waals surface area contributed by atoms with E-state index in [0.29, 0.717) is 5.56 Å². The highest BCUT2D eigenvalue weighted by molar-refractivity contribution is 6.35. The Labute approximate surface area is 107 Å². The summed E-state index contributed by atoms with van der Waals surface area (Å²) in [6, 6.07) is 8.32. The number of carboxylic acids is 1. The number of carbonyl (C=O) groups is 1. The third-order valence-electron chi connectivity index (χ3n) is 2.36. The van der Waals surface area contributed by atoms with Crippen molar-refractivity contribution in [3.63, 3.8) is 0 Å². The highest BCUT2D eigenvalue weighted by Gasteiger charge is 2.21. The summed E-state index contributed by atoms with van der Waals surface area (Å²) >= 11 is 5.64. The number of hydrogen-bond donors (Lipinski definition) is 2. The minimum atomic E-state index is -1.36. The molecule has 1 aromatic carbocycles. The van der Waals surface area contributed by atoms with Crippen molar-refractivity contribution in [2.75, 3.05) is 5.73 Å². The Hall–Kier alpha value is -2.14. The molecule has 0 unspecified atom stereocenters. The molecule has 1 aromatic heterocycles. The molecule has 0 aliphatic rings. The molecule has 2 rings (SSSR count). The van der Waals surface area contributed by atoms with Crippen LogP contribution in [0.4, 0.5) is 10.1 Å². The van der Waals surface area contributed by atoms with Crippen LogP contribution in [0.25, 0.3) is 11.3 Å². The molecule has 0 bridgehead atoms. The van der Waals surface area contributed by atoms with Crippen LogP contribution in [-0.2, 0) is 0 Å². The lowest BCUT2D eigenvalue weighted by Crippen LogP contribution is -2.08. The Balaban J connectivity index is 2.73. The summed E-state index contributed by atoms with van der Waals surface area (Å²) < 4.78 is 13.9. The molecule has 6 heteroatoms. The number of benzene rings is 1. The first-order valence-corrected chi connectivity index (χ1v) is 5.33. The standard InChI is InChI=1S/C12H8ClFN2O2/c13-7-9(15)8(14)10(16-11(7)12(17)18)6-4-2-1-3-5-6/h1-5H,(H2,15,16)(H,17,18). The minimum absolute atomic E-state index is 0.130. The fourth-order valence-electron chi connectivity index (χ4n) is 1.49. The van der Waals surface area contributed by atoms with Gasteiger partial charge in [0.15, 0.2) is 11.5 Å². The molecule has 0 atom stereocenters. The van der Waals surface area contributed by atoms with E-state index in [0.717, 1.165) is 0 Å². The van der Waals surface area contributed by atoms with Crippen LogP contribution in [0.3, 0.4) is 0 Å². The van der Waals surface area contributed by atoms with Crippen molar-refractivity contribution < 1.29 is 14.3 Å². The highest BCUT2D eigenvalue weighted by Crippen LogP contribution is 2.31. The average molecular weight is 267 g/mol. The summed E-state index contributed by atoms with van der Waals surface area (Å²) in [6.07, 6.45) is 0. The Morgan fingerprint density at radius 3 is 2.50 bits per heavy atom. The van der Waals surface area contributed by atoms with Crippen LogP contribution < -0.4 is 5.73 Å². The molecular weight excluding hydrogens is 259 g/mol. The molecular formula is C12H8ClFN2O2. The Bertz CT molecular complexity index is 617. The quantitative estimate of drug-likeness (QED) is 0.876. The molecule has 0 radical (unpaired) electrons. The van der Waals surface area contributed by atoms with Gasteiger partial charge in [-0.15, -0.1) is 0 Å². The topological polar surface area (TPSA) is 76.2 Å². The summed E-state index contributed by atoms with van der Waals surface area (Å²) in [4.78, 5) is 14.7. The monoisotopic (exact) mass is 266 g/mol. The first-order chi connectivity index (χ1) is 8.52. The van der Waals surface area contributed by atoms with Gasteiger partial charge in [-0.3, -0.25) is 0 Å². The van der Waals surface area contributed by atoms with E-state index in [2.05, 4.69) is 4.98 Å². The Kier molecular flexibility index (Phi) is 3.16. The zero-order valence-corrected chi connectivity index (χ0v) is 9.78. The molecule has 2 aromatic rings. The van der Waals surface area contributed by atoms with Crippen molar-refractivity contribution in [2.45, 2.75) is 0 Å². The van der Waals surface area contributed by atoms with Crippen molar-refractivity contribution in [3.8, 4) is 11.3 Å². The van der Waals surface area contributed by atoms with Crippen molar-refractivity contribution in [1.29, 1.82) is 0 Å². The van der Waals surface area contributed by atoms with E-state index in [1.807, 2.05) is 0 Å². The average Bonchev–Trinajstić information content (AvgIpc) is 2.37. The van der Waals surface area contributed by atoms with E-state index >= 15 is 0 Å². The molecule has 0 aliphatic heterocycles. The van der Waals surface area contributed by atoms with Gasteiger partial charge in [-0.2, -0.15) is 0 Å². The Morgan fingerprint density at radius 1 is 1.33 bits per heavy atom. The highest BCUT2D eigenvalue weighted by atomic mass is 35.5. The number of anilines is 1. The van der Waals surface area contributed by atoms with Crippen LogP contribution in [0.5, 0.6) is 0 Å². The number of nitrogen functional groups attached to an aromatic ring is 1. The third-order valence-corrected chi connectivity index (χ3v) is 2.74. The van der Waals surface area contributed by atoms with Gasteiger partial charge in [-0.1, -0.05) is 41.9 Å². The largest absolute Gasteiger partial charge is 0.476 e. The maximum atomic E-state index is 13.9. The van der Waals surface area contributed by atoms with Gasteiger partial charge in [0.1, 0.15) is 5.69 Å². The molecule has 0 saturated carbocycles. The van der Waals surface area contributed by atoms with E-state index in [4.69, 9.17) is 22.4 Å². The number of nitrogens with two attached hydrogens (primary N) is 1. The van der Waals surface area contributed by atoms with Gasteiger partial charge in [0.25, 0.3) is 0 Å². The fraction of sp³-hybridized carbons (Fsp3) is 0. The lowest BCUT2D eigenvalue weighted by molar-refractivity contribution is 0.0691. The Morgan fingerprint density at radius 2 is 1.94 bits per heavy atom. The number of nitrogens with zero attached hydrogens (tertiary/aromatic N) is 1. The van der Waals surface area contributed by atoms with E-state index in [-0.39, 0.29) is 10.7 Å². The second-order valence-corrected chi connectivity index (χ2v) is 3.90. The van der Waals surface area contributed by atoms with Gasteiger partial charge < -0.3 is 10.8 Å². The number of halogens is 2. The molecule has 0 fully saturated rings. The van der Waals surface area contributed by atoms with Gasteiger partial charge in [-0.25, -0.2) is 14.2 Å². The number of aromatic nitrogens is 1. The molecule has 1 heterocycles. The zero-order chi connectivity index (χ0) is 13.3. The summed E-state index contributed by atoms with van der Waals surface area (Å²) in [5, 5.41) is 8.54. The summed E-state index contributed by atoms with van der Waals surface area (Å²) in [5.74, 6) is -2.18. The second kappa shape index (κ2) is 4.62. The predicted octanol–water partition coefficient (Wildman–Crippen LogP) is 2.82. The van der Waals surface area contributed by atoms with Crippen LogP contribution in [-0.4, -0.2) is 16.1 Å². The maximum Gasteiger partial charge on any atom is 0.356 e. The molecule has 0 aliphatic carbocycles. The van der Waals surface area contributed by atoms with Gasteiger partial charge in [0.2, 0.25) is 0 Å². The predicted molar refractivity (Wildman–Crippen MR) is 66.0 cm³/mol. The van der Waals surface area contributed by atoms with Crippen LogP contribution in [0.1, 0.15) is 10.5 Å². The summed E-state index contributed by atoms with van der Waals surface area (Å²) in [5.41, 5.74) is 4.87. The van der Waals surface area contributed by atoms with Crippen molar-refractivity contribution in [1.82, 2.24) is 4.98 Å². The molecule has 18 heavy (non-hydrogen) atoms. The number of pyridine rings is 1. The van der Waals surface area contributed by atoms with E-state index < -0.39 is 23.2 Å². The van der Waals surface area contributed by atoms with Gasteiger partial charge in [-0.05, 0) is 0 Å². The SMILES string of the molecule is Nc1c(F)c(-c2ccccc2)nc(C(=O)O)c1Cl. The molecule has 0 saturated heterocycles. The van der Waals surface area contributed by atoms with Crippen molar-refractivity contribution in [3.05, 3.63) is 46.9 Å². The lowest BCUT2D eigenvalue weighted by atomic mass is 10.1. The normalized spacial score (nSPS) is 10.3. The van der Waals surface area contributed by atoms with Crippen LogP contribution in [0.15, 0.2) is 30.3 Å². The van der Waals surface area contributed by atoms with Gasteiger partial charge in [0.05, 0.1) is 10.7 Å². The zero-order valence-electron chi connectivity index (χ0n) is 9.02. The summed E-state index contributed by atoms with van der Waals surface area (Å²) in [7, 11) is 0. The molecule has 3 N–H and O–H groups in total. The molecule has 92 valence electrons. The first kappa shape index (κ1) is 12.3. The number of carboxylic acid groups (broad SMARTS) is 1. The van der Waals surface area contributed by atoms with Crippen LogP contribution >= 0.6 is 11.6 Å². The van der Waals surface area contributed by atoms with Crippen LogP contribution in [0.2, 0.25) is 5.02 Å². The molecule has 4 nitrogen and oxygen atoms in total. The van der Waals surface area contributed by atoms with E-state index in [9.17, 15) is 9.18 Å². The maximum absolute atomic E-state index is 13.9. The van der Waals surface area contributed by atoms with Crippen molar-refractivity contribution in [2.24, 2.45) is 0 Å². The first-order valence-electron chi connectivity index (χ1n) is 4.95. The van der Waals surface area contributed by atoms with Gasteiger partial charge >= 0.3 is 5.97 Å². The smallest absolute Gasteiger partial charge is 0.356 e. The van der Waals surface area contributed by atoms with Gasteiger partial charge in [0, 0.05) is 5.56 Å². The number of hydrogen-bond acceptors (Lipinski definition) is 3. The second-order valence-electron chi connectivity index (χ2n) is 3.52. The van der Waals surface area contributed by atoms with Crippen molar-refractivity contribution >= 4 is 23.3 Å². The van der Waals surface area contributed by atoms with Crippen LogP contribution in [0, 0.1) is 5.82 Å². The van der Waals surface area contributed by atoms with E-state index in [1.165, 1.54) is 0 Å².